The Balaban J connectivity index is 1.49. The monoisotopic (exact) mass is 407 g/mol. The number of anilines is 1. The number of nitrogens with one attached hydrogen (secondary N) is 1. The molecule has 0 aromatic heterocycles. The standard InChI is InChI=1S/C21H20F3NO4/c1-13(20(27)25-17-9-8-14-4-2-5-15(14)10-17)29-19(26)12-28-18-7-3-6-16(11-18)21(22,23)24/h3,6-11,13H,2,4-5,12H2,1H3,(H,25,27). The summed E-state index contributed by atoms with van der Waals surface area (Å²) in [7, 11) is 0. The van der Waals surface area contributed by atoms with Gasteiger partial charge in [-0.3, -0.25) is 4.79 Å². The Labute approximate surface area is 165 Å². The first kappa shape index (κ1) is 20.7. The average Bonchev–Trinajstić information content (AvgIpc) is 3.13. The molecule has 0 radical (unpaired) electrons. The molecular weight excluding hydrogens is 387 g/mol. The summed E-state index contributed by atoms with van der Waals surface area (Å²) in [6.45, 7) is 0.794. The van der Waals surface area contributed by atoms with Gasteiger partial charge in [-0.15, -0.1) is 0 Å². The number of carbonyl (C=O) groups excluding carboxylic acids is 2. The van der Waals surface area contributed by atoms with Crippen LogP contribution in [-0.4, -0.2) is 24.6 Å². The zero-order chi connectivity index (χ0) is 21.0. The van der Waals surface area contributed by atoms with Crippen molar-refractivity contribution in [1.82, 2.24) is 0 Å². The molecule has 1 aliphatic rings. The molecular formula is C21H20F3NO4. The minimum Gasteiger partial charge on any atom is -0.482 e. The topological polar surface area (TPSA) is 64.6 Å². The maximum Gasteiger partial charge on any atom is 0.416 e. The lowest BCUT2D eigenvalue weighted by molar-refractivity contribution is -0.155. The first-order chi connectivity index (χ1) is 13.7. The Hall–Kier alpha value is -3.03. The zero-order valence-electron chi connectivity index (χ0n) is 15.7. The van der Waals surface area contributed by atoms with Crippen LogP contribution in [0.5, 0.6) is 5.75 Å². The normalized spacial score (nSPS) is 14.1. The number of esters is 1. The summed E-state index contributed by atoms with van der Waals surface area (Å²) in [5.41, 5.74) is 2.21. The predicted molar refractivity (Wildman–Crippen MR) is 99.6 cm³/mol. The van der Waals surface area contributed by atoms with Crippen LogP contribution in [-0.2, 0) is 33.3 Å². The molecule has 1 aliphatic carbocycles. The van der Waals surface area contributed by atoms with Gasteiger partial charge in [-0.05, 0) is 67.6 Å². The Kier molecular flexibility index (Phi) is 6.10. The highest BCUT2D eigenvalue weighted by Gasteiger charge is 2.30. The van der Waals surface area contributed by atoms with E-state index in [1.165, 1.54) is 30.2 Å². The van der Waals surface area contributed by atoms with Crippen LogP contribution in [0.4, 0.5) is 18.9 Å². The van der Waals surface area contributed by atoms with Crippen molar-refractivity contribution in [2.75, 3.05) is 11.9 Å². The van der Waals surface area contributed by atoms with Crippen LogP contribution >= 0.6 is 0 Å². The highest BCUT2D eigenvalue weighted by Crippen LogP contribution is 2.31. The van der Waals surface area contributed by atoms with Gasteiger partial charge in [0.15, 0.2) is 12.7 Å². The van der Waals surface area contributed by atoms with E-state index in [1.54, 1.807) is 6.07 Å². The lowest BCUT2D eigenvalue weighted by Gasteiger charge is -2.15. The predicted octanol–water partition coefficient (Wildman–Crippen LogP) is 4.14. The Morgan fingerprint density at radius 2 is 1.86 bits per heavy atom. The number of halogens is 3. The van der Waals surface area contributed by atoms with Gasteiger partial charge in [0.2, 0.25) is 0 Å². The third-order valence-electron chi connectivity index (χ3n) is 4.56. The fourth-order valence-electron chi connectivity index (χ4n) is 3.08. The van der Waals surface area contributed by atoms with Gasteiger partial charge in [0.05, 0.1) is 5.56 Å². The number of ether oxygens (including phenoxy) is 2. The molecule has 3 rings (SSSR count). The van der Waals surface area contributed by atoms with Gasteiger partial charge in [-0.1, -0.05) is 12.1 Å². The first-order valence-corrected chi connectivity index (χ1v) is 9.14. The van der Waals surface area contributed by atoms with Gasteiger partial charge in [0, 0.05) is 5.69 Å². The molecule has 0 heterocycles. The van der Waals surface area contributed by atoms with Gasteiger partial charge < -0.3 is 14.8 Å². The molecule has 1 unspecified atom stereocenters. The van der Waals surface area contributed by atoms with Crippen molar-refractivity contribution in [2.45, 2.75) is 38.5 Å². The van der Waals surface area contributed by atoms with Crippen molar-refractivity contribution in [3.8, 4) is 5.75 Å². The number of rotatable bonds is 6. The number of amides is 1. The third kappa shape index (κ3) is 5.49. The van der Waals surface area contributed by atoms with Crippen molar-refractivity contribution in [2.24, 2.45) is 0 Å². The van der Waals surface area contributed by atoms with Crippen molar-refractivity contribution in [3.05, 3.63) is 59.2 Å². The van der Waals surface area contributed by atoms with E-state index in [4.69, 9.17) is 9.47 Å². The van der Waals surface area contributed by atoms with Gasteiger partial charge in [-0.2, -0.15) is 13.2 Å². The van der Waals surface area contributed by atoms with Gasteiger partial charge >= 0.3 is 12.1 Å². The molecule has 29 heavy (non-hydrogen) atoms. The number of hydrogen-bond donors (Lipinski definition) is 1. The molecule has 0 saturated carbocycles. The van der Waals surface area contributed by atoms with Crippen LogP contribution in [0.3, 0.4) is 0 Å². The molecule has 154 valence electrons. The number of hydrogen-bond acceptors (Lipinski definition) is 4. The summed E-state index contributed by atoms with van der Waals surface area (Å²) in [5, 5.41) is 2.69. The molecule has 2 aromatic rings. The van der Waals surface area contributed by atoms with Gasteiger partial charge in [0.1, 0.15) is 5.75 Å². The maximum absolute atomic E-state index is 12.7. The molecule has 0 saturated heterocycles. The van der Waals surface area contributed by atoms with Crippen molar-refractivity contribution < 1.29 is 32.2 Å². The fourth-order valence-corrected chi connectivity index (χ4v) is 3.08. The molecule has 0 fully saturated rings. The Morgan fingerprint density at radius 1 is 1.10 bits per heavy atom. The lowest BCUT2D eigenvalue weighted by atomic mass is 10.1. The fraction of sp³-hybridized carbons (Fsp3) is 0.333. The summed E-state index contributed by atoms with van der Waals surface area (Å²) >= 11 is 0. The van der Waals surface area contributed by atoms with E-state index in [0.29, 0.717) is 5.69 Å². The molecule has 0 bridgehead atoms. The lowest BCUT2D eigenvalue weighted by Crippen LogP contribution is -2.31. The van der Waals surface area contributed by atoms with Crippen molar-refractivity contribution in [3.63, 3.8) is 0 Å². The van der Waals surface area contributed by atoms with Crippen LogP contribution in [0.2, 0.25) is 0 Å². The minimum absolute atomic E-state index is 0.118. The molecule has 1 atom stereocenters. The van der Waals surface area contributed by atoms with Crippen LogP contribution in [0.1, 0.15) is 30.0 Å². The quantitative estimate of drug-likeness (QED) is 0.731. The Bertz CT molecular complexity index is 911. The minimum atomic E-state index is -4.51. The largest absolute Gasteiger partial charge is 0.482 e. The highest BCUT2D eigenvalue weighted by molar-refractivity contribution is 5.95. The van der Waals surface area contributed by atoms with Crippen molar-refractivity contribution in [1.29, 1.82) is 0 Å². The van der Waals surface area contributed by atoms with Crippen LogP contribution in [0.15, 0.2) is 42.5 Å². The third-order valence-corrected chi connectivity index (χ3v) is 4.56. The second-order valence-corrected chi connectivity index (χ2v) is 6.77. The van der Waals surface area contributed by atoms with E-state index in [1.807, 2.05) is 12.1 Å². The van der Waals surface area contributed by atoms with Crippen LogP contribution < -0.4 is 10.1 Å². The van der Waals surface area contributed by atoms with E-state index >= 15 is 0 Å². The molecule has 1 amide bonds. The molecule has 0 aliphatic heterocycles. The zero-order valence-corrected chi connectivity index (χ0v) is 15.7. The number of benzene rings is 2. The summed E-state index contributed by atoms with van der Waals surface area (Å²) in [5.74, 6) is -1.48. The van der Waals surface area contributed by atoms with E-state index in [0.717, 1.165) is 31.4 Å². The second-order valence-electron chi connectivity index (χ2n) is 6.77. The molecule has 2 aromatic carbocycles. The Morgan fingerprint density at radius 3 is 2.62 bits per heavy atom. The number of fused-ring (bicyclic) bond motifs is 1. The summed E-state index contributed by atoms with van der Waals surface area (Å²) in [6, 6.07) is 9.84. The van der Waals surface area contributed by atoms with E-state index < -0.39 is 36.3 Å². The highest BCUT2D eigenvalue weighted by atomic mass is 19.4. The molecule has 5 nitrogen and oxygen atoms in total. The van der Waals surface area contributed by atoms with Crippen LogP contribution in [0.25, 0.3) is 0 Å². The first-order valence-electron chi connectivity index (χ1n) is 9.14. The summed E-state index contributed by atoms with van der Waals surface area (Å²) in [4.78, 5) is 24.1. The smallest absolute Gasteiger partial charge is 0.416 e. The number of alkyl halides is 3. The van der Waals surface area contributed by atoms with E-state index in [9.17, 15) is 22.8 Å². The average molecular weight is 407 g/mol. The van der Waals surface area contributed by atoms with E-state index in [2.05, 4.69) is 5.32 Å². The van der Waals surface area contributed by atoms with E-state index in [-0.39, 0.29) is 5.75 Å². The number of carbonyl (C=O) groups is 2. The summed E-state index contributed by atoms with van der Waals surface area (Å²) in [6.07, 6.45) is -2.50. The molecule has 8 heteroatoms. The summed E-state index contributed by atoms with van der Waals surface area (Å²) < 4.78 is 48.1. The van der Waals surface area contributed by atoms with Gasteiger partial charge in [0.25, 0.3) is 5.91 Å². The second kappa shape index (κ2) is 8.55. The molecule has 0 spiro atoms. The van der Waals surface area contributed by atoms with Crippen LogP contribution in [0, 0.1) is 0 Å². The maximum atomic E-state index is 12.7. The van der Waals surface area contributed by atoms with Gasteiger partial charge in [-0.25, -0.2) is 4.79 Å². The van der Waals surface area contributed by atoms with Crippen molar-refractivity contribution >= 4 is 17.6 Å². The molecule has 1 N–H and O–H groups in total. The number of aryl methyl sites for hydroxylation is 2. The SMILES string of the molecule is CC(OC(=O)COc1cccc(C(F)(F)F)c1)C(=O)Nc1ccc2c(c1)CCC2.